The van der Waals surface area contributed by atoms with Crippen LogP contribution in [0.4, 0.5) is 13.2 Å². The second kappa shape index (κ2) is 4.33. The summed E-state index contributed by atoms with van der Waals surface area (Å²) in [5.41, 5.74) is 0. The Morgan fingerprint density at radius 1 is 1.50 bits per heavy atom. The van der Waals surface area contributed by atoms with Crippen LogP contribution in [0.5, 0.6) is 0 Å². The van der Waals surface area contributed by atoms with Gasteiger partial charge < -0.3 is 4.42 Å². The fourth-order valence-corrected chi connectivity index (χ4v) is 1.30. The van der Waals surface area contributed by atoms with Crippen LogP contribution in [0.2, 0.25) is 0 Å². The Bertz CT molecular complexity index is 332. The van der Waals surface area contributed by atoms with Gasteiger partial charge in [0.15, 0.2) is 0 Å². The molecule has 0 spiro atoms. The molecule has 0 amide bonds. The van der Waals surface area contributed by atoms with E-state index in [1.807, 2.05) is 0 Å². The normalized spacial score (nSPS) is 14.9. The predicted molar refractivity (Wildman–Crippen MR) is 54.8 cm³/mol. The van der Waals surface area contributed by atoms with E-state index in [-0.39, 0.29) is 5.76 Å². The van der Waals surface area contributed by atoms with Gasteiger partial charge in [0.1, 0.15) is 11.5 Å². The Morgan fingerprint density at radius 3 is 2.50 bits per heavy atom. The third-order valence-corrected chi connectivity index (χ3v) is 1.87. The number of hydrogen-bond donors (Lipinski definition) is 0. The molecule has 14 heavy (non-hydrogen) atoms. The minimum atomic E-state index is -4.41. The topological polar surface area (TPSA) is 25.5 Å². The van der Waals surface area contributed by atoms with Crippen molar-refractivity contribution in [2.24, 2.45) is 4.99 Å². The largest absolute Gasteiger partial charge is 0.464 e. The van der Waals surface area contributed by atoms with Gasteiger partial charge in [-0.3, -0.25) is 4.99 Å². The van der Waals surface area contributed by atoms with Crippen molar-refractivity contribution in [3.63, 3.8) is 0 Å². The molecule has 0 aromatic carbocycles. The number of rotatable bonds is 2. The molecule has 0 aliphatic rings. The van der Waals surface area contributed by atoms with Gasteiger partial charge in [0.25, 0.3) is 0 Å². The molecule has 0 aliphatic heterocycles. The lowest BCUT2D eigenvalue weighted by molar-refractivity contribution is -0.151. The molecule has 1 heterocycles. The van der Waals surface area contributed by atoms with Crippen LogP contribution in [0.1, 0.15) is 17.6 Å². The molecule has 0 fully saturated rings. The molecule has 0 radical (unpaired) electrons. The van der Waals surface area contributed by atoms with Crippen molar-refractivity contribution >= 4 is 26.8 Å². The summed E-state index contributed by atoms with van der Waals surface area (Å²) in [5.74, 6) is 0.265. The highest BCUT2D eigenvalue weighted by Gasteiger charge is 2.42. The zero-order chi connectivity index (χ0) is 10.8. The van der Waals surface area contributed by atoms with E-state index in [1.165, 1.54) is 12.1 Å². The molecule has 1 aromatic rings. The minimum absolute atomic E-state index is 0.178. The SMILES string of the molecule is Cc1ccc([C@H](/N=C/I)C(F)(F)F)o1. The molecule has 0 saturated heterocycles. The number of nitrogens with zero attached hydrogens (tertiary/aromatic N) is 1. The maximum Gasteiger partial charge on any atom is 0.418 e. The predicted octanol–water partition coefficient (Wildman–Crippen LogP) is 3.65. The highest BCUT2D eigenvalue weighted by Crippen LogP contribution is 2.36. The summed E-state index contributed by atoms with van der Waals surface area (Å²) < 4.78 is 43.3. The Balaban J connectivity index is 3.00. The Kier molecular flexibility index (Phi) is 3.57. The second-order valence-electron chi connectivity index (χ2n) is 2.64. The monoisotopic (exact) mass is 317 g/mol. The molecular formula is C8H7F3INO. The first kappa shape index (κ1) is 11.5. The molecule has 0 unspecified atom stereocenters. The minimum Gasteiger partial charge on any atom is -0.464 e. The van der Waals surface area contributed by atoms with Crippen LogP contribution in [-0.2, 0) is 0 Å². The summed E-state index contributed by atoms with van der Waals surface area (Å²) >= 11 is 1.64. The lowest BCUT2D eigenvalue weighted by Crippen LogP contribution is -2.18. The van der Waals surface area contributed by atoms with Crippen LogP contribution in [-0.4, -0.2) is 10.4 Å². The van der Waals surface area contributed by atoms with Gasteiger partial charge in [-0.15, -0.1) is 0 Å². The van der Waals surface area contributed by atoms with E-state index >= 15 is 0 Å². The van der Waals surface area contributed by atoms with E-state index in [0.29, 0.717) is 5.76 Å². The van der Waals surface area contributed by atoms with Crippen LogP contribution < -0.4 is 0 Å². The third kappa shape index (κ3) is 2.73. The van der Waals surface area contributed by atoms with Crippen LogP contribution in [0.25, 0.3) is 0 Å². The van der Waals surface area contributed by atoms with Gasteiger partial charge in [-0.1, -0.05) is 0 Å². The van der Waals surface area contributed by atoms with Gasteiger partial charge in [0.05, 0.1) is 4.22 Å². The van der Waals surface area contributed by atoms with Crippen LogP contribution in [0, 0.1) is 6.92 Å². The van der Waals surface area contributed by atoms with E-state index < -0.39 is 12.2 Å². The van der Waals surface area contributed by atoms with E-state index in [0.717, 1.165) is 4.22 Å². The Hall–Kier alpha value is -0.530. The van der Waals surface area contributed by atoms with Gasteiger partial charge in [-0.2, -0.15) is 13.2 Å². The van der Waals surface area contributed by atoms with Gasteiger partial charge in [-0.25, -0.2) is 0 Å². The molecular weight excluding hydrogens is 310 g/mol. The molecule has 6 heteroatoms. The van der Waals surface area contributed by atoms with Crippen LogP contribution in [0.15, 0.2) is 21.5 Å². The number of furan rings is 1. The molecule has 0 saturated carbocycles. The van der Waals surface area contributed by atoms with Crippen LogP contribution >= 0.6 is 22.6 Å². The van der Waals surface area contributed by atoms with Crippen molar-refractivity contribution in [3.8, 4) is 0 Å². The molecule has 2 nitrogen and oxygen atoms in total. The van der Waals surface area contributed by atoms with E-state index in [9.17, 15) is 13.2 Å². The summed E-state index contributed by atoms with van der Waals surface area (Å²) in [7, 11) is 0. The number of aryl methyl sites for hydroxylation is 1. The molecule has 0 bridgehead atoms. The number of hydrogen-bond acceptors (Lipinski definition) is 2. The average Bonchev–Trinajstić information content (AvgIpc) is 2.45. The zero-order valence-electron chi connectivity index (χ0n) is 7.18. The summed E-state index contributed by atoms with van der Waals surface area (Å²) in [6.07, 6.45) is -4.41. The van der Waals surface area contributed by atoms with Crippen LogP contribution in [0.3, 0.4) is 0 Å². The van der Waals surface area contributed by atoms with Gasteiger partial charge >= 0.3 is 6.18 Å². The Morgan fingerprint density at radius 2 is 2.14 bits per heavy atom. The first-order valence-corrected chi connectivity index (χ1v) is 4.94. The van der Waals surface area contributed by atoms with Gasteiger partial charge in [-0.05, 0) is 41.6 Å². The van der Waals surface area contributed by atoms with Crippen molar-refractivity contribution in [2.75, 3.05) is 0 Å². The highest BCUT2D eigenvalue weighted by atomic mass is 127. The standard InChI is InChI=1S/C8H7F3INO/c1-5-2-3-6(14-5)7(13-4-12)8(9,10)11/h2-4,7H,1H3/b13-4+/t7-/m0/s1. The number of alkyl halides is 3. The van der Waals surface area contributed by atoms with Crippen molar-refractivity contribution in [2.45, 2.75) is 19.1 Å². The average molecular weight is 317 g/mol. The first-order chi connectivity index (χ1) is 6.45. The summed E-state index contributed by atoms with van der Waals surface area (Å²) in [6, 6.07) is 0.876. The molecule has 0 N–H and O–H groups in total. The van der Waals surface area contributed by atoms with Gasteiger partial charge in [0, 0.05) is 0 Å². The van der Waals surface area contributed by atoms with E-state index in [4.69, 9.17) is 4.42 Å². The maximum absolute atomic E-state index is 12.4. The van der Waals surface area contributed by atoms with E-state index in [1.54, 1.807) is 29.5 Å². The highest BCUT2D eigenvalue weighted by molar-refractivity contribution is 14.1. The number of aliphatic imine (C=N–C) groups is 1. The molecule has 78 valence electrons. The van der Waals surface area contributed by atoms with Crippen molar-refractivity contribution in [1.29, 1.82) is 0 Å². The molecule has 1 rings (SSSR count). The quantitative estimate of drug-likeness (QED) is 0.604. The molecule has 1 aromatic heterocycles. The van der Waals surface area contributed by atoms with Crippen molar-refractivity contribution in [1.82, 2.24) is 0 Å². The summed E-state index contributed by atoms with van der Waals surface area (Å²) in [6.45, 7) is 1.59. The number of halogens is 4. The van der Waals surface area contributed by atoms with Crippen molar-refractivity contribution < 1.29 is 17.6 Å². The lowest BCUT2D eigenvalue weighted by atomic mass is 10.2. The van der Waals surface area contributed by atoms with Crippen molar-refractivity contribution in [3.05, 3.63) is 23.7 Å². The fraction of sp³-hybridized carbons (Fsp3) is 0.375. The smallest absolute Gasteiger partial charge is 0.418 e. The Labute approximate surface area is 92.3 Å². The maximum atomic E-state index is 12.4. The van der Waals surface area contributed by atoms with E-state index in [2.05, 4.69) is 4.99 Å². The molecule has 0 aliphatic carbocycles. The fourth-order valence-electron chi connectivity index (χ4n) is 0.976. The zero-order valence-corrected chi connectivity index (χ0v) is 9.33. The lowest BCUT2D eigenvalue weighted by Gasteiger charge is -2.12. The second-order valence-corrected chi connectivity index (χ2v) is 3.20. The van der Waals surface area contributed by atoms with Gasteiger partial charge in [0.2, 0.25) is 6.04 Å². The third-order valence-electron chi connectivity index (χ3n) is 1.55. The summed E-state index contributed by atoms with van der Waals surface area (Å²) in [5, 5.41) is 0. The first-order valence-electron chi connectivity index (χ1n) is 3.70. The summed E-state index contributed by atoms with van der Waals surface area (Å²) in [4.78, 5) is 3.32. The molecule has 1 atom stereocenters.